The topological polar surface area (TPSA) is 37.4 Å². The first kappa shape index (κ1) is 19.4. The number of carbonyl (C=O) groups is 2. The van der Waals surface area contributed by atoms with Gasteiger partial charge in [0.1, 0.15) is 0 Å². The molecule has 0 N–H and O–H groups in total. The van der Waals surface area contributed by atoms with Crippen LogP contribution in [0.3, 0.4) is 0 Å². The highest BCUT2D eigenvalue weighted by molar-refractivity contribution is 6.36. The summed E-state index contributed by atoms with van der Waals surface area (Å²) < 4.78 is 0. The number of carbonyl (C=O) groups excluding carboxylic acids is 2. The van der Waals surface area contributed by atoms with Crippen molar-refractivity contribution in [2.75, 3.05) is 4.90 Å². The van der Waals surface area contributed by atoms with Gasteiger partial charge in [0.25, 0.3) is 11.8 Å². The smallest absolute Gasteiger partial charge is 0.265 e. The lowest BCUT2D eigenvalue weighted by Crippen LogP contribution is -2.42. The third-order valence-electron chi connectivity index (χ3n) is 5.68. The minimum absolute atomic E-state index is 0.0923. The third kappa shape index (κ3) is 3.05. The van der Waals surface area contributed by atoms with E-state index in [9.17, 15) is 9.59 Å². The molecule has 2 amide bonds. The van der Waals surface area contributed by atoms with Crippen molar-refractivity contribution < 1.29 is 9.59 Å². The standard InChI is InChI=1S/C26H27NO2/c1-25(2,3)17-13-14-20(26(4,5)6)21(15-17)27-23(28)18-11-7-9-16-10-8-12-19(22(16)18)24(27)29/h7-15H,1-6H3. The van der Waals surface area contributed by atoms with Crippen LogP contribution in [0.15, 0.2) is 54.6 Å². The normalized spacial score (nSPS) is 14.6. The number of amides is 2. The van der Waals surface area contributed by atoms with Crippen molar-refractivity contribution in [3.8, 4) is 0 Å². The average Bonchev–Trinajstić information content (AvgIpc) is 2.64. The molecule has 0 aliphatic carbocycles. The van der Waals surface area contributed by atoms with Crippen LogP contribution in [0.2, 0.25) is 0 Å². The minimum Gasteiger partial charge on any atom is -0.268 e. The summed E-state index contributed by atoms with van der Waals surface area (Å²) in [5.41, 5.74) is 3.63. The Bertz CT molecular complexity index is 1110. The van der Waals surface area contributed by atoms with Crippen molar-refractivity contribution in [2.24, 2.45) is 0 Å². The lowest BCUT2D eigenvalue weighted by molar-refractivity contribution is 0.0893. The van der Waals surface area contributed by atoms with Gasteiger partial charge in [-0.2, -0.15) is 0 Å². The van der Waals surface area contributed by atoms with Gasteiger partial charge in [-0.25, -0.2) is 4.90 Å². The van der Waals surface area contributed by atoms with E-state index < -0.39 is 0 Å². The maximum Gasteiger partial charge on any atom is 0.265 e. The number of hydrogen-bond acceptors (Lipinski definition) is 2. The molecule has 3 aromatic rings. The van der Waals surface area contributed by atoms with Crippen molar-refractivity contribution in [1.29, 1.82) is 0 Å². The van der Waals surface area contributed by atoms with E-state index in [2.05, 4.69) is 53.7 Å². The Morgan fingerprint density at radius 3 is 1.72 bits per heavy atom. The molecule has 0 unspecified atom stereocenters. The molecule has 3 aromatic carbocycles. The molecule has 0 saturated carbocycles. The van der Waals surface area contributed by atoms with Gasteiger partial charge >= 0.3 is 0 Å². The first-order valence-corrected chi connectivity index (χ1v) is 10.1. The zero-order chi connectivity index (χ0) is 21.1. The van der Waals surface area contributed by atoms with E-state index in [0.717, 1.165) is 21.9 Å². The van der Waals surface area contributed by atoms with Gasteiger partial charge in [0, 0.05) is 16.5 Å². The van der Waals surface area contributed by atoms with Gasteiger partial charge in [0.15, 0.2) is 0 Å². The fraction of sp³-hybridized carbons (Fsp3) is 0.308. The SMILES string of the molecule is CC(C)(C)c1ccc(C(C)(C)C)c(N2C(=O)c3cccc4cccc(c34)C2=O)c1. The number of nitrogens with zero attached hydrogens (tertiary/aromatic N) is 1. The molecule has 0 bridgehead atoms. The monoisotopic (exact) mass is 385 g/mol. The predicted octanol–water partition coefficient (Wildman–Crippen LogP) is 6.24. The van der Waals surface area contributed by atoms with Crippen LogP contribution in [0.4, 0.5) is 5.69 Å². The molecule has 3 nitrogen and oxygen atoms in total. The van der Waals surface area contributed by atoms with Gasteiger partial charge in [-0.1, -0.05) is 77.9 Å². The lowest BCUT2D eigenvalue weighted by Gasteiger charge is -2.33. The summed E-state index contributed by atoms with van der Waals surface area (Å²) in [7, 11) is 0. The second-order valence-electron chi connectivity index (χ2n) is 9.89. The molecule has 148 valence electrons. The summed E-state index contributed by atoms with van der Waals surface area (Å²) in [6.45, 7) is 12.7. The number of anilines is 1. The Balaban J connectivity index is 2.00. The predicted molar refractivity (Wildman–Crippen MR) is 119 cm³/mol. The molecule has 0 spiro atoms. The Morgan fingerprint density at radius 2 is 1.24 bits per heavy atom. The highest BCUT2D eigenvalue weighted by Crippen LogP contribution is 2.40. The third-order valence-corrected chi connectivity index (χ3v) is 5.68. The van der Waals surface area contributed by atoms with Crippen molar-refractivity contribution in [2.45, 2.75) is 52.4 Å². The van der Waals surface area contributed by atoms with Crippen LogP contribution in [0.5, 0.6) is 0 Å². The molecule has 1 aliphatic rings. The highest BCUT2D eigenvalue weighted by atomic mass is 16.2. The van der Waals surface area contributed by atoms with E-state index in [1.54, 1.807) is 0 Å². The Hall–Kier alpha value is -2.94. The van der Waals surface area contributed by atoms with Crippen LogP contribution in [0.1, 0.15) is 73.4 Å². The number of imide groups is 1. The largest absolute Gasteiger partial charge is 0.268 e. The summed E-state index contributed by atoms with van der Waals surface area (Å²) in [6, 6.07) is 17.5. The molecule has 0 radical (unpaired) electrons. The average molecular weight is 386 g/mol. The van der Waals surface area contributed by atoms with E-state index >= 15 is 0 Å². The first-order chi connectivity index (χ1) is 13.5. The van der Waals surface area contributed by atoms with Gasteiger partial charge < -0.3 is 0 Å². The zero-order valence-corrected chi connectivity index (χ0v) is 18.0. The van der Waals surface area contributed by atoms with Crippen LogP contribution < -0.4 is 4.90 Å². The number of rotatable bonds is 1. The van der Waals surface area contributed by atoms with Gasteiger partial charge in [0.2, 0.25) is 0 Å². The molecule has 0 fully saturated rings. The summed E-state index contributed by atoms with van der Waals surface area (Å²) in [5.74, 6) is -0.508. The molecular formula is C26H27NO2. The maximum absolute atomic E-state index is 13.6. The maximum atomic E-state index is 13.6. The molecule has 0 atom stereocenters. The molecule has 1 aliphatic heterocycles. The fourth-order valence-corrected chi connectivity index (χ4v) is 4.07. The molecule has 0 saturated heterocycles. The van der Waals surface area contributed by atoms with Gasteiger partial charge in [-0.3, -0.25) is 9.59 Å². The van der Waals surface area contributed by atoms with Gasteiger partial charge in [-0.15, -0.1) is 0 Å². The zero-order valence-electron chi connectivity index (χ0n) is 18.0. The summed E-state index contributed by atoms with van der Waals surface area (Å²) in [5, 5.41) is 1.67. The summed E-state index contributed by atoms with van der Waals surface area (Å²) >= 11 is 0. The summed E-state index contributed by atoms with van der Waals surface area (Å²) in [4.78, 5) is 28.5. The van der Waals surface area contributed by atoms with Crippen molar-refractivity contribution in [3.63, 3.8) is 0 Å². The second-order valence-corrected chi connectivity index (χ2v) is 9.89. The Labute approximate surface area is 172 Å². The van der Waals surface area contributed by atoms with Gasteiger partial charge in [0.05, 0.1) is 5.69 Å². The van der Waals surface area contributed by atoms with Gasteiger partial charge in [-0.05, 0) is 45.5 Å². The van der Waals surface area contributed by atoms with Crippen LogP contribution in [0.25, 0.3) is 10.8 Å². The minimum atomic E-state index is -0.254. The van der Waals surface area contributed by atoms with Crippen LogP contribution in [0, 0.1) is 0 Å². The van der Waals surface area contributed by atoms with Crippen molar-refractivity contribution >= 4 is 28.3 Å². The molecular weight excluding hydrogens is 358 g/mol. The fourth-order valence-electron chi connectivity index (χ4n) is 4.07. The number of hydrogen-bond donors (Lipinski definition) is 0. The first-order valence-electron chi connectivity index (χ1n) is 10.1. The van der Waals surface area contributed by atoms with Crippen LogP contribution in [-0.2, 0) is 10.8 Å². The molecule has 29 heavy (non-hydrogen) atoms. The summed E-state index contributed by atoms with van der Waals surface area (Å²) in [6.07, 6.45) is 0. The lowest BCUT2D eigenvalue weighted by atomic mass is 9.80. The molecule has 4 rings (SSSR count). The van der Waals surface area contributed by atoms with Crippen LogP contribution >= 0.6 is 0 Å². The van der Waals surface area contributed by atoms with Crippen LogP contribution in [-0.4, -0.2) is 11.8 Å². The van der Waals surface area contributed by atoms with Crippen molar-refractivity contribution in [1.82, 2.24) is 0 Å². The van der Waals surface area contributed by atoms with E-state index in [1.807, 2.05) is 42.5 Å². The molecule has 3 heteroatoms. The van der Waals surface area contributed by atoms with Crippen molar-refractivity contribution in [3.05, 3.63) is 76.9 Å². The second kappa shape index (κ2) is 6.28. The Morgan fingerprint density at radius 1 is 0.690 bits per heavy atom. The molecule has 1 heterocycles. The van der Waals surface area contributed by atoms with E-state index in [-0.39, 0.29) is 22.6 Å². The Kier molecular flexibility index (Phi) is 4.20. The highest BCUT2D eigenvalue weighted by Gasteiger charge is 2.37. The molecule has 0 aromatic heterocycles. The van der Waals surface area contributed by atoms with E-state index in [0.29, 0.717) is 16.8 Å². The number of benzene rings is 3. The van der Waals surface area contributed by atoms with E-state index in [4.69, 9.17) is 0 Å². The van der Waals surface area contributed by atoms with E-state index in [1.165, 1.54) is 4.90 Å². The quantitative estimate of drug-likeness (QED) is 0.465.